The smallest absolute Gasteiger partial charge is 0.126 e. The van der Waals surface area contributed by atoms with E-state index in [1.54, 1.807) is 6.07 Å². The van der Waals surface area contributed by atoms with Gasteiger partial charge in [0, 0.05) is 5.54 Å². The third-order valence-electron chi connectivity index (χ3n) is 5.08. The fourth-order valence-corrected chi connectivity index (χ4v) is 4.04. The van der Waals surface area contributed by atoms with Gasteiger partial charge in [-0.15, -0.1) is 0 Å². The van der Waals surface area contributed by atoms with Gasteiger partial charge < -0.3 is 0 Å². The van der Waals surface area contributed by atoms with Crippen molar-refractivity contribution in [3.05, 3.63) is 35.1 Å². The van der Waals surface area contributed by atoms with Gasteiger partial charge in [0.1, 0.15) is 5.82 Å². The Morgan fingerprint density at radius 2 is 1.90 bits per heavy atom. The second-order valence-electron chi connectivity index (χ2n) is 6.09. The lowest BCUT2D eigenvalue weighted by molar-refractivity contribution is 0.0626. The minimum absolute atomic E-state index is 0.0409. The van der Waals surface area contributed by atoms with Gasteiger partial charge in [0.05, 0.1) is 6.04 Å². The maximum absolute atomic E-state index is 13.6. The van der Waals surface area contributed by atoms with Crippen LogP contribution in [0.15, 0.2) is 18.2 Å². The fraction of sp³-hybridized carbons (Fsp3) is 0.647. The number of benzene rings is 1. The summed E-state index contributed by atoms with van der Waals surface area (Å²) in [7, 11) is 0. The lowest BCUT2D eigenvalue weighted by atomic mass is 9.81. The highest BCUT2D eigenvalue weighted by Crippen LogP contribution is 2.44. The molecular formula is C17H28FN3. The first-order chi connectivity index (χ1) is 10.1. The molecule has 0 bridgehead atoms. The van der Waals surface area contributed by atoms with E-state index in [1.165, 1.54) is 12.8 Å². The van der Waals surface area contributed by atoms with E-state index in [2.05, 4.69) is 24.2 Å². The van der Waals surface area contributed by atoms with Gasteiger partial charge >= 0.3 is 0 Å². The predicted molar refractivity (Wildman–Crippen MR) is 85.3 cm³/mol. The third kappa shape index (κ3) is 2.98. The van der Waals surface area contributed by atoms with Crippen molar-refractivity contribution in [3.8, 4) is 0 Å². The Balaban J connectivity index is 2.42. The summed E-state index contributed by atoms with van der Waals surface area (Å²) in [6, 6.07) is 5.40. The van der Waals surface area contributed by atoms with Crippen LogP contribution in [-0.2, 0) is 0 Å². The lowest BCUT2D eigenvalue weighted by Crippen LogP contribution is -2.56. The summed E-state index contributed by atoms with van der Waals surface area (Å²) in [4.78, 5) is 2.52. The van der Waals surface area contributed by atoms with Crippen molar-refractivity contribution in [2.45, 2.75) is 58.0 Å². The Bertz CT molecular complexity index is 465. The first-order valence-electron chi connectivity index (χ1n) is 8.06. The molecule has 1 aliphatic carbocycles. The normalized spacial score (nSPS) is 19.1. The van der Waals surface area contributed by atoms with Crippen molar-refractivity contribution < 1.29 is 4.39 Å². The van der Waals surface area contributed by atoms with Crippen molar-refractivity contribution in [3.63, 3.8) is 0 Å². The van der Waals surface area contributed by atoms with Crippen LogP contribution in [0.5, 0.6) is 0 Å². The molecule has 1 aromatic rings. The molecule has 0 saturated heterocycles. The van der Waals surface area contributed by atoms with E-state index >= 15 is 0 Å². The van der Waals surface area contributed by atoms with Gasteiger partial charge in [-0.2, -0.15) is 0 Å². The van der Waals surface area contributed by atoms with Gasteiger partial charge in [0.25, 0.3) is 0 Å². The van der Waals surface area contributed by atoms with E-state index < -0.39 is 0 Å². The highest BCUT2D eigenvalue weighted by molar-refractivity contribution is 5.29. The topological polar surface area (TPSA) is 41.3 Å². The van der Waals surface area contributed by atoms with Gasteiger partial charge in [-0.3, -0.25) is 16.2 Å². The number of hydrogen-bond donors (Lipinski definition) is 2. The fourth-order valence-electron chi connectivity index (χ4n) is 4.04. The summed E-state index contributed by atoms with van der Waals surface area (Å²) in [6.45, 7) is 8.23. The number of hydrazine groups is 1. The number of nitrogens with two attached hydrogens (primary N) is 1. The summed E-state index contributed by atoms with van der Waals surface area (Å²) < 4.78 is 13.6. The van der Waals surface area contributed by atoms with E-state index in [9.17, 15) is 4.39 Å². The Morgan fingerprint density at radius 1 is 1.29 bits per heavy atom. The van der Waals surface area contributed by atoms with Crippen molar-refractivity contribution >= 4 is 0 Å². The number of hydrogen-bond acceptors (Lipinski definition) is 3. The molecule has 0 aliphatic heterocycles. The monoisotopic (exact) mass is 293 g/mol. The molecule has 0 radical (unpaired) electrons. The largest absolute Gasteiger partial charge is 0.296 e. The molecule has 0 spiro atoms. The van der Waals surface area contributed by atoms with Crippen molar-refractivity contribution in [2.75, 3.05) is 13.1 Å². The molecule has 4 heteroatoms. The maximum atomic E-state index is 13.6. The maximum Gasteiger partial charge on any atom is 0.126 e. The standard InChI is InChI=1S/C17H28FN3/c1-4-21(5-2)17(10-6-7-11-17)16(20-19)14-8-9-15(18)13(3)12-14/h8-9,12,16,20H,4-7,10-11,19H2,1-3H3. The zero-order valence-corrected chi connectivity index (χ0v) is 13.5. The number of nitrogens with one attached hydrogen (secondary N) is 1. The first-order valence-corrected chi connectivity index (χ1v) is 8.06. The summed E-state index contributed by atoms with van der Waals surface area (Å²) in [6.07, 6.45) is 4.74. The molecule has 0 amide bonds. The Hall–Kier alpha value is -0.970. The highest BCUT2D eigenvalue weighted by Gasteiger charge is 2.45. The lowest BCUT2D eigenvalue weighted by Gasteiger charge is -2.46. The molecule has 3 nitrogen and oxygen atoms in total. The van der Waals surface area contributed by atoms with Gasteiger partial charge in [-0.05, 0) is 50.0 Å². The van der Waals surface area contributed by atoms with Crippen LogP contribution in [-0.4, -0.2) is 23.5 Å². The molecule has 21 heavy (non-hydrogen) atoms. The number of halogens is 1. The highest BCUT2D eigenvalue weighted by atomic mass is 19.1. The van der Waals surface area contributed by atoms with Gasteiger partial charge in [-0.25, -0.2) is 4.39 Å². The first kappa shape index (κ1) is 16.4. The predicted octanol–water partition coefficient (Wildman–Crippen LogP) is 3.29. The molecule has 0 heterocycles. The van der Waals surface area contributed by atoms with Crippen LogP contribution < -0.4 is 11.3 Å². The molecule has 2 rings (SSSR count). The summed E-state index contributed by atoms with van der Waals surface area (Å²) in [5.74, 6) is 5.78. The molecular weight excluding hydrogens is 265 g/mol. The minimum Gasteiger partial charge on any atom is -0.296 e. The van der Waals surface area contributed by atoms with E-state index in [0.29, 0.717) is 5.56 Å². The molecule has 1 aliphatic rings. The molecule has 1 atom stereocenters. The second kappa shape index (κ2) is 6.86. The van der Waals surface area contributed by atoms with Crippen molar-refractivity contribution in [1.29, 1.82) is 0 Å². The molecule has 0 aromatic heterocycles. The van der Waals surface area contributed by atoms with E-state index in [1.807, 2.05) is 19.1 Å². The quantitative estimate of drug-likeness (QED) is 0.624. The van der Waals surface area contributed by atoms with Gasteiger partial charge in [0.2, 0.25) is 0 Å². The molecule has 118 valence electrons. The second-order valence-corrected chi connectivity index (χ2v) is 6.09. The Morgan fingerprint density at radius 3 is 2.38 bits per heavy atom. The number of nitrogens with zero attached hydrogens (tertiary/aromatic N) is 1. The number of aryl methyl sites for hydroxylation is 1. The SMILES string of the molecule is CCN(CC)C1(C(NN)c2ccc(F)c(C)c2)CCCC1. The van der Waals surface area contributed by atoms with Crippen LogP contribution in [0.1, 0.15) is 56.7 Å². The summed E-state index contributed by atoms with van der Waals surface area (Å²) in [5, 5.41) is 0. The minimum atomic E-state index is -0.155. The third-order valence-corrected chi connectivity index (χ3v) is 5.08. The molecule has 1 fully saturated rings. The Labute approximate surface area is 127 Å². The van der Waals surface area contributed by atoms with Crippen molar-refractivity contribution in [2.24, 2.45) is 5.84 Å². The van der Waals surface area contributed by atoms with E-state index in [-0.39, 0.29) is 17.4 Å². The van der Waals surface area contributed by atoms with Crippen LogP contribution in [0.25, 0.3) is 0 Å². The van der Waals surface area contributed by atoms with Crippen LogP contribution in [0.4, 0.5) is 4.39 Å². The summed E-state index contributed by atoms with van der Waals surface area (Å²) in [5.41, 5.74) is 4.85. The molecule has 1 unspecified atom stereocenters. The Kier molecular flexibility index (Phi) is 5.36. The number of likely N-dealkylation sites (N-methyl/N-ethyl adjacent to an activating group) is 1. The van der Waals surface area contributed by atoms with E-state index in [0.717, 1.165) is 31.5 Å². The van der Waals surface area contributed by atoms with Crippen LogP contribution in [0.3, 0.4) is 0 Å². The summed E-state index contributed by atoms with van der Waals surface area (Å²) >= 11 is 0. The van der Waals surface area contributed by atoms with Gasteiger partial charge in [-0.1, -0.05) is 38.8 Å². The molecule has 1 saturated carbocycles. The van der Waals surface area contributed by atoms with Crippen LogP contribution >= 0.6 is 0 Å². The van der Waals surface area contributed by atoms with Crippen LogP contribution in [0.2, 0.25) is 0 Å². The molecule has 3 N–H and O–H groups in total. The van der Waals surface area contributed by atoms with Crippen molar-refractivity contribution in [1.82, 2.24) is 10.3 Å². The number of rotatable bonds is 6. The van der Waals surface area contributed by atoms with Gasteiger partial charge in [0.15, 0.2) is 0 Å². The molecule has 1 aromatic carbocycles. The van der Waals surface area contributed by atoms with Crippen LogP contribution in [0, 0.1) is 12.7 Å². The average Bonchev–Trinajstić information content (AvgIpc) is 2.95. The zero-order valence-electron chi connectivity index (χ0n) is 13.5. The average molecular weight is 293 g/mol. The zero-order chi connectivity index (χ0) is 15.5. The van der Waals surface area contributed by atoms with E-state index in [4.69, 9.17) is 5.84 Å².